The number of carboxylic acids is 1. The van der Waals surface area contributed by atoms with Crippen molar-refractivity contribution < 1.29 is 9.90 Å². The molecule has 0 fully saturated rings. The standard InChI is InChI=1S/C15H17N3O2S/c1-18(2)11-6-3-10(4-7-11)5-8-12-14(15(19)20)17-13(9-16)21-12/h3-8H,9,16H2,1-2H3,(H,19,20)/b8-5+. The molecule has 0 amide bonds. The first-order valence-electron chi connectivity index (χ1n) is 6.40. The van der Waals surface area contributed by atoms with Crippen molar-refractivity contribution in [1.82, 2.24) is 4.98 Å². The van der Waals surface area contributed by atoms with Gasteiger partial charge < -0.3 is 15.7 Å². The Kier molecular flexibility index (Phi) is 4.72. The lowest BCUT2D eigenvalue weighted by Gasteiger charge is -2.11. The van der Waals surface area contributed by atoms with Crippen molar-refractivity contribution >= 4 is 35.1 Å². The third-order valence-corrected chi connectivity index (χ3v) is 3.95. The Bertz CT molecular complexity index is 660. The van der Waals surface area contributed by atoms with Crippen LogP contribution in [0.3, 0.4) is 0 Å². The number of nitrogens with two attached hydrogens (primary N) is 1. The zero-order valence-electron chi connectivity index (χ0n) is 11.9. The second-order valence-corrected chi connectivity index (χ2v) is 5.76. The molecular formula is C15H17N3O2S. The summed E-state index contributed by atoms with van der Waals surface area (Å²) in [5.74, 6) is -1.03. The average Bonchev–Trinajstić information content (AvgIpc) is 2.89. The predicted octanol–water partition coefficient (Wildman–Crippen LogP) is 2.54. The fourth-order valence-electron chi connectivity index (χ4n) is 1.79. The van der Waals surface area contributed by atoms with Gasteiger partial charge in [0.05, 0.1) is 4.88 Å². The minimum absolute atomic E-state index is 0.0570. The van der Waals surface area contributed by atoms with Crippen LogP contribution in [0.5, 0.6) is 0 Å². The highest BCUT2D eigenvalue weighted by atomic mass is 32.1. The molecule has 0 unspecified atom stereocenters. The number of thiazole rings is 1. The number of nitrogens with zero attached hydrogens (tertiary/aromatic N) is 2. The third kappa shape index (κ3) is 3.68. The molecule has 0 radical (unpaired) electrons. The number of benzene rings is 1. The minimum atomic E-state index is -1.03. The average molecular weight is 303 g/mol. The second kappa shape index (κ2) is 6.51. The summed E-state index contributed by atoms with van der Waals surface area (Å²) in [6.45, 7) is 0.246. The Hall–Kier alpha value is -2.18. The van der Waals surface area contributed by atoms with Crippen LogP contribution in [0.2, 0.25) is 0 Å². The van der Waals surface area contributed by atoms with Gasteiger partial charge in [0.2, 0.25) is 0 Å². The Morgan fingerprint density at radius 3 is 2.52 bits per heavy atom. The quantitative estimate of drug-likeness (QED) is 0.887. The maximum Gasteiger partial charge on any atom is 0.356 e. The minimum Gasteiger partial charge on any atom is -0.476 e. The van der Waals surface area contributed by atoms with Crippen molar-refractivity contribution in [3.8, 4) is 0 Å². The van der Waals surface area contributed by atoms with Gasteiger partial charge in [-0.05, 0) is 23.8 Å². The van der Waals surface area contributed by atoms with Gasteiger partial charge in [0, 0.05) is 26.3 Å². The zero-order valence-corrected chi connectivity index (χ0v) is 12.7. The van der Waals surface area contributed by atoms with Gasteiger partial charge in [-0.15, -0.1) is 11.3 Å². The lowest BCUT2D eigenvalue weighted by molar-refractivity contribution is 0.0691. The van der Waals surface area contributed by atoms with Gasteiger partial charge in [-0.3, -0.25) is 0 Å². The molecule has 0 aliphatic carbocycles. The van der Waals surface area contributed by atoms with Crippen LogP contribution in [0.1, 0.15) is 25.9 Å². The number of rotatable bonds is 5. The summed E-state index contributed by atoms with van der Waals surface area (Å²) < 4.78 is 0. The molecule has 0 bridgehead atoms. The molecule has 0 spiro atoms. The van der Waals surface area contributed by atoms with E-state index in [0.717, 1.165) is 11.3 Å². The van der Waals surface area contributed by atoms with Gasteiger partial charge in [0.1, 0.15) is 5.01 Å². The van der Waals surface area contributed by atoms with Crippen LogP contribution in [0.4, 0.5) is 5.69 Å². The third-order valence-electron chi connectivity index (χ3n) is 2.91. The number of hydrogen-bond acceptors (Lipinski definition) is 5. The maximum absolute atomic E-state index is 11.1. The van der Waals surface area contributed by atoms with Gasteiger partial charge in [-0.2, -0.15) is 0 Å². The number of hydrogen-bond donors (Lipinski definition) is 2. The lowest BCUT2D eigenvalue weighted by atomic mass is 10.2. The van der Waals surface area contributed by atoms with Crippen molar-refractivity contribution in [1.29, 1.82) is 0 Å². The van der Waals surface area contributed by atoms with Crippen molar-refractivity contribution in [3.63, 3.8) is 0 Å². The summed E-state index contributed by atoms with van der Waals surface area (Å²) >= 11 is 1.30. The fraction of sp³-hybridized carbons (Fsp3) is 0.200. The largest absolute Gasteiger partial charge is 0.476 e. The Balaban J connectivity index is 2.24. The molecule has 21 heavy (non-hydrogen) atoms. The topological polar surface area (TPSA) is 79.5 Å². The predicted molar refractivity (Wildman–Crippen MR) is 86.7 cm³/mol. The van der Waals surface area contributed by atoms with E-state index < -0.39 is 5.97 Å². The molecule has 110 valence electrons. The molecule has 0 atom stereocenters. The van der Waals surface area contributed by atoms with Crippen molar-refractivity contribution in [2.24, 2.45) is 5.73 Å². The van der Waals surface area contributed by atoms with Crippen molar-refractivity contribution in [2.75, 3.05) is 19.0 Å². The summed E-state index contributed by atoms with van der Waals surface area (Å²) in [6.07, 6.45) is 3.64. The van der Waals surface area contributed by atoms with E-state index in [0.29, 0.717) is 9.88 Å². The summed E-state index contributed by atoms with van der Waals surface area (Å²) in [5, 5.41) is 9.75. The van der Waals surface area contributed by atoms with E-state index in [4.69, 9.17) is 10.8 Å². The lowest BCUT2D eigenvalue weighted by Crippen LogP contribution is -2.07. The van der Waals surface area contributed by atoms with Crippen molar-refractivity contribution in [3.05, 3.63) is 45.4 Å². The summed E-state index contributed by atoms with van der Waals surface area (Å²) in [6, 6.07) is 7.99. The molecule has 1 aromatic carbocycles. The molecule has 0 aliphatic heterocycles. The normalized spacial score (nSPS) is 11.0. The monoisotopic (exact) mass is 303 g/mol. The van der Waals surface area contributed by atoms with Crippen LogP contribution in [-0.4, -0.2) is 30.2 Å². The molecule has 5 nitrogen and oxygen atoms in total. The highest BCUT2D eigenvalue weighted by Crippen LogP contribution is 2.22. The van der Waals surface area contributed by atoms with E-state index in [2.05, 4.69) is 4.98 Å². The first kappa shape index (κ1) is 15.2. The van der Waals surface area contributed by atoms with E-state index in [1.54, 1.807) is 6.08 Å². The van der Waals surface area contributed by atoms with Crippen molar-refractivity contribution in [2.45, 2.75) is 6.54 Å². The van der Waals surface area contributed by atoms with Gasteiger partial charge >= 0.3 is 5.97 Å². The highest BCUT2D eigenvalue weighted by molar-refractivity contribution is 7.12. The van der Waals surface area contributed by atoms with E-state index >= 15 is 0 Å². The molecule has 3 N–H and O–H groups in total. The van der Waals surface area contributed by atoms with E-state index in [1.807, 2.05) is 49.3 Å². The van der Waals surface area contributed by atoms with Crippen LogP contribution in [0, 0.1) is 0 Å². The van der Waals surface area contributed by atoms with Gasteiger partial charge in [0.25, 0.3) is 0 Å². The summed E-state index contributed by atoms with van der Waals surface area (Å²) in [5.41, 5.74) is 7.68. The van der Waals surface area contributed by atoms with Gasteiger partial charge in [0.15, 0.2) is 5.69 Å². The Labute approximate surface area is 127 Å². The highest BCUT2D eigenvalue weighted by Gasteiger charge is 2.14. The second-order valence-electron chi connectivity index (χ2n) is 4.65. The Morgan fingerprint density at radius 2 is 2.00 bits per heavy atom. The SMILES string of the molecule is CN(C)c1ccc(/C=C/c2sc(CN)nc2C(=O)O)cc1. The first-order chi connectivity index (χ1) is 10.0. The number of carbonyl (C=O) groups is 1. The number of carboxylic acid groups (broad SMARTS) is 1. The molecule has 1 aromatic heterocycles. The fourth-order valence-corrected chi connectivity index (χ4v) is 2.63. The molecule has 6 heteroatoms. The molecule has 2 rings (SSSR count). The molecular weight excluding hydrogens is 286 g/mol. The van der Waals surface area contributed by atoms with Crippen LogP contribution in [-0.2, 0) is 6.54 Å². The molecule has 0 aliphatic rings. The number of aromatic carboxylic acids is 1. The maximum atomic E-state index is 11.1. The molecule has 0 saturated carbocycles. The van der Waals surface area contributed by atoms with Gasteiger partial charge in [-0.25, -0.2) is 9.78 Å². The van der Waals surface area contributed by atoms with E-state index in [9.17, 15) is 4.79 Å². The van der Waals surface area contributed by atoms with Crippen LogP contribution >= 0.6 is 11.3 Å². The summed E-state index contributed by atoms with van der Waals surface area (Å²) in [4.78, 5) is 17.8. The van der Waals surface area contributed by atoms with E-state index in [1.165, 1.54) is 11.3 Å². The first-order valence-corrected chi connectivity index (χ1v) is 7.21. The van der Waals surface area contributed by atoms with Gasteiger partial charge in [-0.1, -0.05) is 18.2 Å². The molecule has 1 heterocycles. The molecule has 2 aromatic rings. The molecule has 0 saturated heterocycles. The van der Waals surface area contributed by atoms with Crippen LogP contribution < -0.4 is 10.6 Å². The van der Waals surface area contributed by atoms with Crippen LogP contribution in [0.15, 0.2) is 24.3 Å². The number of aromatic nitrogens is 1. The Morgan fingerprint density at radius 1 is 1.33 bits per heavy atom. The summed E-state index contributed by atoms with van der Waals surface area (Å²) in [7, 11) is 3.96. The smallest absolute Gasteiger partial charge is 0.356 e. The zero-order chi connectivity index (χ0) is 15.4. The number of anilines is 1. The van der Waals surface area contributed by atoms with E-state index in [-0.39, 0.29) is 12.2 Å². The van der Waals surface area contributed by atoms with Crippen LogP contribution in [0.25, 0.3) is 12.2 Å².